The smallest absolute Gasteiger partial charge is 0.349 e. The Hall–Kier alpha value is -3.94. The fourth-order valence-corrected chi connectivity index (χ4v) is 3.31. The minimum Gasteiger partial charge on any atom is -0.454 e. The Labute approximate surface area is 181 Å². The molecule has 0 aliphatic heterocycles. The van der Waals surface area contributed by atoms with Crippen LogP contribution in [0.1, 0.15) is 11.6 Å². The number of aromatic amines is 1. The summed E-state index contributed by atoms with van der Waals surface area (Å²) in [5.41, 5.74) is -2.34. The Morgan fingerprint density at radius 3 is 2.55 bits per heavy atom. The molecule has 0 bridgehead atoms. The molecule has 2 heterocycles. The lowest BCUT2D eigenvalue weighted by Gasteiger charge is -2.12. The van der Waals surface area contributed by atoms with Crippen LogP contribution in [0.4, 0.5) is 0 Å². The normalized spacial score (nSPS) is 10.8. The summed E-state index contributed by atoms with van der Waals surface area (Å²) < 4.78 is 11.5. The van der Waals surface area contributed by atoms with Gasteiger partial charge in [-0.2, -0.15) is 9.94 Å². The van der Waals surface area contributed by atoms with E-state index in [1.165, 1.54) is 18.2 Å². The van der Waals surface area contributed by atoms with Crippen LogP contribution in [0.2, 0.25) is 10.0 Å². The number of rotatable bonds is 3. The number of hydrogen-bond acceptors (Lipinski definition) is 8. The van der Waals surface area contributed by atoms with Gasteiger partial charge in [-0.15, -0.1) is 5.10 Å². The molecule has 12 heteroatoms. The van der Waals surface area contributed by atoms with Crippen LogP contribution in [-0.2, 0) is 0 Å². The fraction of sp³-hybridized carbons (Fsp3) is 0.0526. The molecule has 0 unspecified atom stereocenters. The predicted molar refractivity (Wildman–Crippen MR) is 110 cm³/mol. The molecule has 0 saturated heterocycles. The quantitative estimate of drug-likeness (QED) is 0.494. The third-order valence-electron chi connectivity index (χ3n) is 4.09. The summed E-state index contributed by atoms with van der Waals surface area (Å²) >= 11 is 12.6. The van der Waals surface area contributed by atoms with Crippen molar-refractivity contribution < 1.29 is 9.15 Å². The van der Waals surface area contributed by atoms with Crippen LogP contribution in [0.5, 0.6) is 11.5 Å². The highest BCUT2D eigenvalue weighted by atomic mass is 35.5. The van der Waals surface area contributed by atoms with Crippen LogP contribution in [0.25, 0.3) is 16.6 Å². The van der Waals surface area contributed by atoms with E-state index in [1.54, 1.807) is 25.1 Å². The first-order valence-corrected chi connectivity index (χ1v) is 9.25. The maximum absolute atomic E-state index is 12.1. The number of hydrogen-bond donors (Lipinski definition) is 1. The second kappa shape index (κ2) is 7.71. The van der Waals surface area contributed by atoms with Crippen molar-refractivity contribution in [3.8, 4) is 23.3 Å². The summed E-state index contributed by atoms with van der Waals surface area (Å²) in [5, 5.41) is 12.9. The SMILES string of the molecule is Cc1nc2ccc(Oc3c(Cl)cc(-n4nc(C#N)c(=O)[nH]c4=O)cc3Cl)cc2c(=O)o1. The topological polar surface area (TPSA) is 144 Å². The highest BCUT2D eigenvalue weighted by molar-refractivity contribution is 6.37. The molecule has 4 rings (SSSR count). The summed E-state index contributed by atoms with van der Waals surface area (Å²) in [6, 6.07) is 8.80. The lowest BCUT2D eigenvalue weighted by atomic mass is 10.2. The standard InChI is InChI=1S/C19H9Cl2N5O5/c1-8-23-14-3-2-10(6-11(14)18(28)30-8)31-16-12(20)4-9(5-13(16)21)26-19(29)24-17(27)15(7-22)25-26/h2-6H,1H3,(H,24,27,29). The number of nitriles is 1. The first-order chi connectivity index (χ1) is 14.8. The Bertz CT molecular complexity index is 1560. The Morgan fingerprint density at radius 2 is 1.87 bits per heavy atom. The Morgan fingerprint density at radius 1 is 1.16 bits per heavy atom. The molecule has 0 fully saturated rings. The zero-order chi connectivity index (χ0) is 22.3. The molecule has 0 spiro atoms. The number of aryl methyl sites for hydroxylation is 1. The minimum atomic E-state index is -0.911. The number of fused-ring (bicyclic) bond motifs is 1. The van der Waals surface area contributed by atoms with Crippen molar-refractivity contribution in [2.45, 2.75) is 6.92 Å². The van der Waals surface area contributed by atoms with Crippen LogP contribution < -0.4 is 21.6 Å². The first-order valence-electron chi connectivity index (χ1n) is 8.49. The van der Waals surface area contributed by atoms with Gasteiger partial charge in [-0.25, -0.2) is 14.6 Å². The van der Waals surface area contributed by atoms with Crippen molar-refractivity contribution in [3.05, 3.63) is 83.2 Å². The van der Waals surface area contributed by atoms with E-state index in [0.717, 1.165) is 4.68 Å². The number of nitrogens with one attached hydrogen (secondary N) is 1. The van der Waals surface area contributed by atoms with Crippen molar-refractivity contribution in [2.75, 3.05) is 0 Å². The summed E-state index contributed by atoms with van der Waals surface area (Å²) in [7, 11) is 0. The number of benzene rings is 2. The molecule has 154 valence electrons. The van der Waals surface area contributed by atoms with Crippen LogP contribution in [0, 0.1) is 18.3 Å². The Kier molecular flexibility index (Phi) is 5.06. The predicted octanol–water partition coefficient (Wildman–Crippen LogP) is 2.70. The molecule has 2 aromatic heterocycles. The molecule has 0 aliphatic rings. The van der Waals surface area contributed by atoms with Gasteiger partial charge in [-0.1, -0.05) is 23.2 Å². The zero-order valence-corrected chi connectivity index (χ0v) is 17.0. The number of halogens is 2. The number of aromatic nitrogens is 4. The van der Waals surface area contributed by atoms with Gasteiger partial charge in [-0.3, -0.25) is 9.78 Å². The molecule has 0 amide bonds. The van der Waals surface area contributed by atoms with Gasteiger partial charge < -0.3 is 9.15 Å². The average Bonchev–Trinajstić information content (AvgIpc) is 2.71. The van der Waals surface area contributed by atoms with E-state index in [4.69, 9.17) is 37.6 Å². The molecule has 1 N–H and O–H groups in total. The van der Waals surface area contributed by atoms with Crippen LogP contribution in [0.3, 0.4) is 0 Å². The van der Waals surface area contributed by atoms with E-state index >= 15 is 0 Å². The van der Waals surface area contributed by atoms with Gasteiger partial charge >= 0.3 is 11.3 Å². The second-order valence-corrected chi connectivity index (χ2v) is 6.99. The van der Waals surface area contributed by atoms with Crippen LogP contribution >= 0.6 is 23.2 Å². The largest absolute Gasteiger partial charge is 0.454 e. The lowest BCUT2D eigenvalue weighted by Crippen LogP contribution is -2.33. The highest BCUT2D eigenvalue weighted by Crippen LogP contribution is 2.38. The van der Waals surface area contributed by atoms with Crippen molar-refractivity contribution in [3.63, 3.8) is 0 Å². The molecular formula is C19H9Cl2N5O5. The summed E-state index contributed by atoms with van der Waals surface area (Å²) in [6.07, 6.45) is 0. The number of ether oxygens (including phenoxy) is 1. The molecular weight excluding hydrogens is 449 g/mol. The molecule has 0 saturated carbocycles. The van der Waals surface area contributed by atoms with Gasteiger partial charge in [-0.05, 0) is 30.3 Å². The van der Waals surface area contributed by atoms with E-state index in [1.807, 2.05) is 4.98 Å². The van der Waals surface area contributed by atoms with Gasteiger partial charge in [0.15, 0.2) is 11.6 Å². The Balaban J connectivity index is 1.76. The average molecular weight is 458 g/mol. The molecule has 2 aromatic carbocycles. The van der Waals surface area contributed by atoms with Crippen molar-refractivity contribution in [1.82, 2.24) is 19.7 Å². The third-order valence-corrected chi connectivity index (χ3v) is 4.65. The van der Waals surface area contributed by atoms with Crippen molar-refractivity contribution in [2.24, 2.45) is 0 Å². The molecule has 0 radical (unpaired) electrons. The summed E-state index contributed by atoms with van der Waals surface area (Å²) in [5.74, 6) is 0.528. The number of H-pyrrole nitrogens is 1. The summed E-state index contributed by atoms with van der Waals surface area (Å²) in [4.78, 5) is 41.7. The molecule has 31 heavy (non-hydrogen) atoms. The van der Waals surface area contributed by atoms with Crippen molar-refractivity contribution in [1.29, 1.82) is 5.26 Å². The van der Waals surface area contributed by atoms with E-state index in [2.05, 4.69) is 10.1 Å². The van der Waals surface area contributed by atoms with E-state index in [-0.39, 0.29) is 38.5 Å². The van der Waals surface area contributed by atoms with Crippen molar-refractivity contribution >= 4 is 34.1 Å². The van der Waals surface area contributed by atoms with Gasteiger partial charge in [0, 0.05) is 6.92 Å². The maximum atomic E-state index is 12.1. The molecule has 4 aromatic rings. The molecule has 0 aliphatic carbocycles. The minimum absolute atomic E-state index is 0.00932. The van der Waals surface area contributed by atoms with Gasteiger partial charge in [0.05, 0.1) is 26.6 Å². The second-order valence-electron chi connectivity index (χ2n) is 6.17. The van der Waals surface area contributed by atoms with Crippen LogP contribution in [-0.4, -0.2) is 19.7 Å². The van der Waals surface area contributed by atoms with E-state index < -0.39 is 22.6 Å². The third kappa shape index (κ3) is 3.79. The monoisotopic (exact) mass is 457 g/mol. The van der Waals surface area contributed by atoms with E-state index in [9.17, 15) is 14.4 Å². The van der Waals surface area contributed by atoms with Gasteiger partial charge in [0.25, 0.3) is 5.56 Å². The highest BCUT2D eigenvalue weighted by Gasteiger charge is 2.16. The van der Waals surface area contributed by atoms with Gasteiger partial charge in [0.1, 0.15) is 11.8 Å². The zero-order valence-electron chi connectivity index (χ0n) is 15.5. The lowest BCUT2D eigenvalue weighted by molar-refractivity contribution is 0.464. The van der Waals surface area contributed by atoms with E-state index in [0.29, 0.717) is 5.52 Å². The van der Waals surface area contributed by atoms with Crippen LogP contribution in [0.15, 0.2) is 49.1 Å². The maximum Gasteiger partial charge on any atom is 0.349 e. The fourth-order valence-electron chi connectivity index (χ4n) is 2.75. The van der Waals surface area contributed by atoms with Gasteiger partial charge in [0.2, 0.25) is 5.69 Å². The number of nitrogens with zero attached hydrogens (tertiary/aromatic N) is 4. The first kappa shape index (κ1) is 20.3. The summed E-state index contributed by atoms with van der Waals surface area (Å²) in [6.45, 7) is 1.56. The molecule has 0 atom stereocenters. The molecule has 10 nitrogen and oxygen atoms in total.